The van der Waals surface area contributed by atoms with Crippen LogP contribution in [0.4, 0.5) is 5.00 Å². The molecule has 1 aliphatic carbocycles. The number of anilines is 1. The van der Waals surface area contributed by atoms with Crippen LogP contribution in [0.5, 0.6) is 0 Å². The van der Waals surface area contributed by atoms with Crippen molar-refractivity contribution in [2.75, 3.05) is 11.9 Å². The zero-order valence-electron chi connectivity index (χ0n) is 15.2. The lowest BCUT2D eigenvalue weighted by Gasteiger charge is -2.23. The van der Waals surface area contributed by atoms with Crippen molar-refractivity contribution in [3.8, 4) is 0 Å². The van der Waals surface area contributed by atoms with Crippen molar-refractivity contribution < 1.29 is 29.0 Å². The van der Waals surface area contributed by atoms with Gasteiger partial charge in [0.1, 0.15) is 5.00 Å². The van der Waals surface area contributed by atoms with Gasteiger partial charge in [-0.05, 0) is 51.0 Å². The Morgan fingerprint density at radius 3 is 2.59 bits per heavy atom. The minimum absolute atomic E-state index is 0.262. The number of amides is 1. The first-order valence-electron chi connectivity index (χ1n) is 9.52. The van der Waals surface area contributed by atoms with Crippen LogP contribution in [0, 0.1) is 11.8 Å². The fourth-order valence-electron chi connectivity index (χ4n) is 4.59. The van der Waals surface area contributed by atoms with E-state index >= 15 is 0 Å². The summed E-state index contributed by atoms with van der Waals surface area (Å²) in [6.45, 7) is 2.01. The molecule has 2 bridgehead atoms. The SMILES string of the molecule is CCOC(=O)c1c(NC(=O)[C@@H]2[C@@H](C(=O)O)[C@@H]3CC[C@@H]2O3)sc2c1CCCC2. The van der Waals surface area contributed by atoms with Crippen molar-refractivity contribution in [3.63, 3.8) is 0 Å². The van der Waals surface area contributed by atoms with E-state index < -0.39 is 29.9 Å². The van der Waals surface area contributed by atoms with E-state index in [1.165, 1.54) is 11.3 Å². The molecule has 1 aromatic heterocycles. The Bertz CT molecular complexity index is 787. The van der Waals surface area contributed by atoms with Crippen molar-refractivity contribution >= 4 is 34.2 Å². The van der Waals surface area contributed by atoms with Gasteiger partial charge < -0.3 is 19.9 Å². The summed E-state index contributed by atoms with van der Waals surface area (Å²) in [5.74, 6) is -3.36. The van der Waals surface area contributed by atoms with E-state index in [-0.39, 0.29) is 18.6 Å². The molecule has 0 saturated carbocycles. The molecular formula is C19H23NO6S. The summed E-state index contributed by atoms with van der Waals surface area (Å²) >= 11 is 1.41. The third kappa shape index (κ3) is 3.14. The summed E-state index contributed by atoms with van der Waals surface area (Å²) in [6.07, 6.45) is 4.35. The number of ether oxygens (including phenoxy) is 2. The highest BCUT2D eigenvalue weighted by Gasteiger charge is 2.55. The molecule has 27 heavy (non-hydrogen) atoms. The van der Waals surface area contributed by atoms with Gasteiger partial charge in [-0.2, -0.15) is 0 Å². The maximum atomic E-state index is 13.0. The van der Waals surface area contributed by atoms with Gasteiger partial charge in [-0.25, -0.2) is 4.79 Å². The van der Waals surface area contributed by atoms with Crippen LogP contribution in [0.3, 0.4) is 0 Å². The van der Waals surface area contributed by atoms with Crippen LogP contribution >= 0.6 is 11.3 Å². The average Bonchev–Trinajstić information content (AvgIpc) is 3.33. The zero-order valence-corrected chi connectivity index (χ0v) is 16.0. The van der Waals surface area contributed by atoms with Gasteiger partial charge in [0.05, 0.1) is 36.2 Å². The Morgan fingerprint density at radius 1 is 1.19 bits per heavy atom. The number of fused-ring (bicyclic) bond motifs is 3. The van der Waals surface area contributed by atoms with E-state index in [4.69, 9.17) is 9.47 Å². The van der Waals surface area contributed by atoms with E-state index in [0.717, 1.165) is 36.1 Å². The van der Waals surface area contributed by atoms with E-state index in [9.17, 15) is 19.5 Å². The van der Waals surface area contributed by atoms with Gasteiger partial charge in [-0.1, -0.05) is 0 Å². The molecule has 2 N–H and O–H groups in total. The lowest BCUT2D eigenvalue weighted by Crippen LogP contribution is -2.41. The number of hydrogen-bond acceptors (Lipinski definition) is 6. The number of nitrogens with one attached hydrogen (secondary N) is 1. The molecule has 2 aliphatic heterocycles. The summed E-state index contributed by atoms with van der Waals surface area (Å²) < 4.78 is 10.9. The maximum absolute atomic E-state index is 13.0. The number of esters is 1. The topological polar surface area (TPSA) is 102 Å². The third-order valence-corrected chi connectivity index (χ3v) is 6.96. The second kappa shape index (κ2) is 7.24. The molecule has 1 amide bonds. The minimum atomic E-state index is -1.00. The Labute approximate surface area is 161 Å². The number of carbonyl (C=O) groups excluding carboxylic acids is 2. The average molecular weight is 393 g/mol. The Balaban J connectivity index is 1.62. The number of aliphatic carboxylic acids is 1. The lowest BCUT2D eigenvalue weighted by atomic mass is 9.78. The second-order valence-electron chi connectivity index (χ2n) is 7.30. The van der Waals surface area contributed by atoms with Crippen LogP contribution in [0.2, 0.25) is 0 Å². The molecule has 3 aliphatic rings. The van der Waals surface area contributed by atoms with E-state index in [1.54, 1.807) is 6.92 Å². The summed E-state index contributed by atoms with van der Waals surface area (Å²) in [5.41, 5.74) is 1.42. The molecule has 0 unspecified atom stereocenters. The van der Waals surface area contributed by atoms with Crippen LogP contribution in [0.15, 0.2) is 0 Å². The van der Waals surface area contributed by atoms with Gasteiger partial charge in [0.15, 0.2) is 0 Å². The molecule has 146 valence electrons. The number of carboxylic acids is 1. The highest BCUT2D eigenvalue weighted by Crippen LogP contribution is 2.45. The molecule has 0 aromatic carbocycles. The molecule has 4 rings (SSSR count). The molecule has 4 atom stereocenters. The van der Waals surface area contributed by atoms with Crippen molar-refractivity contribution in [1.29, 1.82) is 0 Å². The van der Waals surface area contributed by atoms with Crippen molar-refractivity contribution in [2.24, 2.45) is 11.8 Å². The number of rotatable bonds is 5. The molecule has 1 aromatic rings. The smallest absolute Gasteiger partial charge is 0.341 e. The Kier molecular flexibility index (Phi) is 4.94. The molecule has 3 heterocycles. The van der Waals surface area contributed by atoms with Crippen LogP contribution < -0.4 is 5.32 Å². The van der Waals surface area contributed by atoms with Gasteiger partial charge in [0.2, 0.25) is 5.91 Å². The summed E-state index contributed by atoms with van der Waals surface area (Å²) in [7, 11) is 0. The third-order valence-electron chi connectivity index (χ3n) is 5.75. The Morgan fingerprint density at radius 2 is 1.89 bits per heavy atom. The van der Waals surface area contributed by atoms with Gasteiger partial charge in [0, 0.05) is 4.88 Å². The minimum Gasteiger partial charge on any atom is -0.481 e. The quantitative estimate of drug-likeness (QED) is 0.746. The maximum Gasteiger partial charge on any atom is 0.341 e. The molecular weight excluding hydrogens is 370 g/mol. The van der Waals surface area contributed by atoms with Gasteiger partial charge >= 0.3 is 11.9 Å². The summed E-state index contributed by atoms with van der Waals surface area (Å²) in [4.78, 5) is 38.2. The molecule has 0 radical (unpaired) electrons. The zero-order chi connectivity index (χ0) is 19.1. The number of carboxylic acid groups (broad SMARTS) is 1. The van der Waals surface area contributed by atoms with Crippen LogP contribution in [-0.2, 0) is 31.9 Å². The van der Waals surface area contributed by atoms with Gasteiger partial charge in [0.25, 0.3) is 0 Å². The standard InChI is InChI=1S/C19H23NO6S/c1-2-25-19(24)13-9-5-3-4-6-12(9)27-17(13)20-16(21)14-10-7-8-11(26-10)15(14)18(22)23/h10-11,14-15H,2-8H2,1H3,(H,20,21)(H,22,23)/t10-,11-,14-,15-/m0/s1. The first-order valence-corrected chi connectivity index (χ1v) is 10.3. The predicted octanol–water partition coefficient (Wildman–Crippen LogP) is 2.62. The highest BCUT2D eigenvalue weighted by molar-refractivity contribution is 7.17. The monoisotopic (exact) mass is 393 g/mol. The molecule has 2 fully saturated rings. The van der Waals surface area contributed by atoms with E-state index in [0.29, 0.717) is 23.4 Å². The van der Waals surface area contributed by atoms with E-state index in [1.807, 2.05) is 0 Å². The second-order valence-corrected chi connectivity index (χ2v) is 8.41. The largest absolute Gasteiger partial charge is 0.481 e. The van der Waals surface area contributed by atoms with Crippen molar-refractivity contribution in [3.05, 3.63) is 16.0 Å². The molecule has 7 nitrogen and oxygen atoms in total. The van der Waals surface area contributed by atoms with E-state index in [2.05, 4.69) is 5.32 Å². The van der Waals surface area contributed by atoms with Crippen molar-refractivity contribution in [2.45, 2.75) is 57.7 Å². The van der Waals surface area contributed by atoms with Crippen LogP contribution in [-0.4, -0.2) is 41.8 Å². The first kappa shape index (κ1) is 18.4. The normalized spacial score (nSPS) is 28.6. The fourth-order valence-corrected chi connectivity index (χ4v) is 5.87. The highest BCUT2D eigenvalue weighted by atomic mass is 32.1. The predicted molar refractivity (Wildman–Crippen MR) is 98.1 cm³/mol. The van der Waals surface area contributed by atoms with Crippen LogP contribution in [0.1, 0.15) is 53.4 Å². The lowest BCUT2D eigenvalue weighted by molar-refractivity contribution is -0.147. The molecule has 2 saturated heterocycles. The summed E-state index contributed by atoms with van der Waals surface area (Å²) in [6, 6.07) is 0. The van der Waals surface area contributed by atoms with Crippen molar-refractivity contribution in [1.82, 2.24) is 0 Å². The number of aryl methyl sites for hydroxylation is 1. The van der Waals surface area contributed by atoms with Gasteiger partial charge in [-0.15, -0.1) is 11.3 Å². The number of hydrogen-bond donors (Lipinski definition) is 2. The Hall–Kier alpha value is -1.93. The molecule has 0 spiro atoms. The first-order chi connectivity index (χ1) is 13.0. The number of thiophene rings is 1. The van der Waals surface area contributed by atoms with Gasteiger partial charge in [-0.3, -0.25) is 9.59 Å². The number of carbonyl (C=O) groups is 3. The van der Waals surface area contributed by atoms with Crippen LogP contribution in [0.25, 0.3) is 0 Å². The fraction of sp³-hybridized carbons (Fsp3) is 0.632. The molecule has 8 heteroatoms. The summed E-state index contributed by atoms with van der Waals surface area (Å²) in [5, 5.41) is 12.9.